The molecule has 1 aliphatic heterocycles. The fraction of sp³-hybridized carbons (Fsp3) is 0.765. The van der Waals surface area contributed by atoms with Gasteiger partial charge in [0, 0.05) is 20.0 Å². The molecule has 0 radical (unpaired) electrons. The van der Waals surface area contributed by atoms with Gasteiger partial charge < -0.3 is 9.84 Å². The number of nitriles is 1. The highest BCUT2D eigenvalue weighted by atomic mass is 16.5. The third-order valence-corrected chi connectivity index (χ3v) is 5.01. The van der Waals surface area contributed by atoms with Gasteiger partial charge in [-0.3, -0.25) is 14.6 Å². The summed E-state index contributed by atoms with van der Waals surface area (Å²) in [6.45, 7) is 8.14. The molecule has 1 aromatic rings. The maximum absolute atomic E-state index is 12.4. The van der Waals surface area contributed by atoms with Crippen molar-refractivity contribution in [3.63, 3.8) is 0 Å². The number of nitrogens with one attached hydrogen (secondary N) is 1. The molecule has 1 aromatic heterocycles. The number of hydrogen-bond acceptors (Lipinski definition) is 7. The van der Waals surface area contributed by atoms with Crippen LogP contribution in [-0.2, 0) is 11.3 Å². The SMILES string of the molecule is Cc1nc(CN2CCCN(CC(=O)N[C@](C)(C#N)C3CC3)CC2)no1. The Morgan fingerprint density at radius 3 is 2.72 bits per heavy atom. The zero-order valence-electron chi connectivity index (χ0n) is 15.0. The Hall–Kier alpha value is -1.98. The molecule has 0 aromatic carbocycles. The van der Waals surface area contributed by atoms with Crippen LogP contribution in [0.4, 0.5) is 0 Å². The Bertz CT molecular complexity index is 650. The summed E-state index contributed by atoms with van der Waals surface area (Å²) in [5, 5.41) is 16.3. The minimum absolute atomic E-state index is 0.0572. The van der Waals surface area contributed by atoms with E-state index in [1.54, 1.807) is 6.92 Å². The number of carbonyl (C=O) groups is 1. The molecule has 1 N–H and O–H groups in total. The first kappa shape index (κ1) is 17.8. The van der Waals surface area contributed by atoms with Crippen LogP contribution in [0.25, 0.3) is 0 Å². The summed E-state index contributed by atoms with van der Waals surface area (Å²) in [5.74, 6) is 1.54. The second-order valence-electron chi connectivity index (χ2n) is 7.27. The quantitative estimate of drug-likeness (QED) is 0.809. The molecule has 1 atom stereocenters. The topological polar surface area (TPSA) is 98.3 Å². The van der Waals surface area contributed by atoms with E-state index >= 15 is 0 Å². The number of rotatable bonds is 6. The van der Waals surface area contributed by atoms with Gasteiger partial charge in [0.05, 0.1) is 19.2 Å². The third-order valence-electron chi connectivity index (χ3n) is 5.01. The van der Waals surface area contributed by atoms with Gasteiger partial charge >= 0.3 is 0 Å². The molecule has 0 bridgehead atoms. The lowest BCUT2D eigenvalue weighted by Crippen LogP contribution is -2.50. The molecule has 2 heterocycles. The Balaban J connectivity index is 1.46. The standard InChI is InChI=1S/C17H26N6O2/c1-13-19-15(21-25-13)10-22-6-3-7-23(9-8-22)11-16(24)20-17(2,12-18)14-4-5-14/h14H,3-11H2,1-2H3,(H,20,24)/t17-/m1/s1. The van der Waals surface area contributed by atoms with Gasteiger partial charge in [-0.25, -0.2) is 0 Å². The van der Waals surface area contributed by atoms with Crippen LogP contribution < -0.4 is 5.32 Å². The molecular weight excluding hydrogens is 320 g/mol. The molecule has 0 unspecified atom stereocenters. The van der Waals surface area contributed by atoms with Crippen LogP contribution in [0.5, 0.6) is 0 Å². The number of aryl methyl sites for hydroxylation is 1. The van der Waals surface area contributed by atoms with E-state index in [-0.39, 0.29) is 5.91 Å². The van der Waals surface area contributed by atoms with Crippen molar-refractivity contribution in [3.05, 3.63) is 11.7 Å². The summed E-state index contributed by atoms with van der Waals surface area (Å²) in [7, 11) is 0. The van der Waals surface area contributed by atoms with Gasteiger partial charge in [-0.05, 0) is 45.2 Å². The molecule has 136 valence electrons. The third kappa shape index (κ3) is 4.77. The zero-order valence-corrected chi connectivity index (χ0v) is 15.0. The van der Waals surface area contributed by atoms with E-state index in [1.165, 1.54) is 0 Å². The average Bonchev–Trinajstić information content (AvgIpc) is 3.37. The second kappa shape index (κ2) is 7.50. The summed E-state index contributed by atoms with van der Waals surface area (Å²) in [4.78, 5) is 21.0. The lowest BCUT2D eigenvalue weighted by atomic mass is 9.98. The van der Waals surface area contributed by atoms with Crippen LogP contribution in [0.2, 0.25) is 0 Å². The van der Waals surface area contributed by atoms with E-state index in [1.807, 2.05) is 6.92 Å². The van der Waals surface area contributed by atoms with E-state index in [2.05, 4.69) is 31.3 Å². The van der Waals surface area contributed by atoms with E-state index in [4.69, 9.17) is 4.52 Å². The van der Waals surface area contributed by atoms with Crippen molar-refractivity contribution in [1.29, 1.82) is 5.26 Å². The molecule has 1 saturated heterocycles. The van der Waals surface area contributed by atoms with Gasteiger partial charge in [0.15, 0.2) is 5.82 Å². The minimum Gasteiger partial charge on any atom is -0.340 e. The lowest BCUT2D eigenvalue weighted by molar-refractivity contribution is -0.123. The average molecular weight is 346 g/mol. The van der Waals surface area contributed by atoms with E-state index in [9.17, 15) is 10.1 Å². The first-order valence-corrected chi connectivity index (χ1v) is 8.94. The highest BCUT2D eigenvalue weighted by Crippen LogP contribution is 2.39. The van der Waals surface area contributed by atoms with Crippen molar-refractivity contribution >= 4 is 5.91 Å². The van der Waals surface area contributed by atoms with Crippen molar-refractivity contribution in [1.82, 2.24) is 25.3 Å². The summed E-state index contributed by atoms with van der Waals surface area (Å²) in [6.07, 6.45) is 3.04. The highest BCUT2D eigenvalue weighted by molar-refractivity contribution is 5.79. The number of hydrogen-bond donors (Lipinski definition) is 1. The highest BCUT2D eigenvalue weighted by Gasteiger charge is 2.43. The van der Waals surface area contributed by atoms with Crippen LogP contribution >= 0.6 is 0 Å². The smallest absolute Gasteiger partial charge is 0.235 e. The molecule has 8 heteroatoms. The van der Waals surface area contributed by atoms with Crippen LogP contribution in [-0.4, -0.2) is 64.1 Å². The Morgan fingerprint density at radius 1 is 1.36 bits per heavy atom. The number of carbonyl (C=O) groups excluding carboxylic acids is 1. The molecule has 2 aliphatic rings. The summed E-state index contributed by atoms with van der Waals surface area (Å²) >= 11 is 0. The van der Waals surface area contributed by atoms with Crippen molar-refractivity contribution in [2.24, 2.45) is 5.92 Å². The van der Waals surface area contributed by atoms with E-state index in [0.29, 0.717) is 30.7 Å². The molecule has 8 nitrogen and oxygen atoms in total. The summed E-state index contributed by atoms with van der Waals surface area (Å²) in [5.41, 5.74) is -0.717. The molecule has 1 saturated carbocycles. The number of aromatic nitrogens is 2. The molecular formula is C17H26N6O2. The van der Waals surface area contributed by atoms with Gasteiger partial charge in [-0.15, -0.1) is 0 Å². The minimum atomic E-state index is -0.717. The number of amides is 1. The molecule has 3 rings (SSSR count). The largest absolute Gasteiger partial charge is 0.340 e. The first-order valence-electron chi connectivity index (χ1n) is 8.94. The zero-order chi connectivity index (χ0) is 17.9. The normalized spacial score (nSPS) is 22.0. The predicted octanol–water partition coefficient (Wildman–Crippen LogP) is 0.694. The monoisotopic (exact) mass is 346 g/mol. The second-order valence-corrected chi connectivity index (χ2v) is 7.27. The summed E-state index contributed by atoms with van der Waals surface area (Å²) < 4.78 is 5.01. The maximum Gasteiger partial charge on any atom is 0.235 e. The fourth-order valence-electron chi connectivity index (χ4n) is 3.36. The van der Waals surface area contributed by atoms with Crippen molar-refractivity contribution < 1.29 is 9.32 Å². The fourth-order valence-corrected chi connectivity index (χ4v) is 3.36. The molecule has 1 aliphatic carbocycles. The van der Waals surface area contributed by atoms with Crippen molar-refractivity contribution in [2.75, 3.05) is 32.7 Å². The molecule has 2 fully saturated rings. The lowest BCUT2D eigenvalue weighted by Gasteiger charge is -2.26. The van der Waals surface area contributed by atoms with Crippen molar-refractivity contribution in [3.8, 4) is 6.07 Å². The Morgan fingerprint density at radius 2 is 2.08 bits per heavy atom. The first-order chi connectivity index (χ1) is 12.0. The number of nitrogens with zero attached hydrogens (tertiary/aromatic N) is 5. The van der Waals surface area contributed by atoms with Crippen molar-refractivity contribution in [2.45, 2.75) is 45.2 Å². The predicted molar refractivity (Wildman–Crippen MR) is 90.3 cm³/mol. The van der Waals surface area contributed by atoms with Gasteiger partial charge in [0.25, 0.3) is 0 Å². The van der Waals surface area contributed by atoms with Gasteiger partial charge in [-0.1, -0.05) is 5.16 Å². The summed E-state index contributed by atoms with van der Waals surface area (Å²) in [6, 6.07) is 2.28. The molecule has 0 spiro atoms. The molecule has 25 heavy (non-hydrogen) atoms. The van der Waals surface area contributed by atoms with Gasteiger partial charge in [0.1, 0.15) is 5.54 Å². The molecule has 1 amide bonds. The van der Waals surface area contributed by atoms with E-state index in [0.717, 1.165) is 45.4 Å². The van der Waals surface area contributed by atoms with E-state index < -0.39 is 5.54 Å². The van der Waals surface area contributed by atoms with Crippen LogP contribution in [0.3, 0.4) is 0 Å². The van der Waals surface area contributed by atoms with Gasteiger partial charge in [-0.2, -0.15) is 10.2 Å². The maximum atomic E-state index is 12.4. The van der Waals surface area contributed by atoms with Gasteiger partial charge in [0.2, 0.25) is 11.8 Å². The Labute approximate surface area is 148 Å². The Kier molecular flexibility index (Phi) is 5.35. The van der Waals surface area contributed by atoms with Crippen LogP contribution in [0.15, 0.2) is 4.52 Å². The van der Waals surface area contributed by atoms with Crippen LogP contribution in [0, 0.1) is 24.2 Å². The van der Waals surface area contributed by atoms with Crippen LogP contribution in [0.1, 0.15) is 37.9 Å².